The second-order valence-corrected chi connectivity index (χ2v) is 11.0. The molecule has 1 aromatic carbocycles. The van der Waals surface area contributed by atoms with E-state index in [-0.39, 0.29) is 29.4 Å². The molecule has 2 amide bonds. The molecule has 2 N–H and O–H groups in total. The number of nitriles is 1. The zero-order valence-corrected chi connectivity index (χ0v) is 23.7. The highest BCUT2D eigenvalue weighted by molar-refractivity contribution is 6.30. The van der Waals surface area contributed by atoms with Crippen LogP contribution < -0.4 is 15.6 Å². The van der Waals surface area contributed by atoms with Gasteiger partial charge in [0.1, 0.15) is 17.5 Å². The standard InChI is InChI=1S/C29H31ClN6O4/c1-16-11-21(32-14-24(16)40-23-12-17(2)34-35-27(23)38)26(37)33-18(3)28(39)36-22(19-7-6-8-20(30)13-19)9-10-25(36)29(4,5)15-31/h6-8,11-14,18,22,25H,9-10H2,1-5H3,(H,33,37)(H,35,38)/t18?,22-,25+/m0/s1. The van der Waals surface area contributed by atoms with E-state index >= 15 is 0 Å². The highest BCUT2D eigenvalue weighted by Gasteiger charge is 2.46. The van der Waals surface area contributed by atoms with Gasteiger partial charge >= 0.3 is 5.56 Å². The SMILES string of the molecule is Cc1cc(Oc2cnc(C(=O)NC(C)C(=O)N3[C@H](c4cccc(Cl)c4)CC[C@@H]3C(C)(C)C#N)cc2C)c(=O)[nH]n1. The first-order valence-electron chi connectivity index (χ1n) is 12.9. The van der Waals surface area contributed by atoms with Crippen LogP contribution in [0.4, 0.5) is 0 Å². The molecule has 4 rings (SSSR count). The summed E-state index contributed by atoms with van der Waals surface area (Å²) in [7, 11) is 0. The average Bonchev–Trinajstić information content (AvgIpc) is 3.37. The zero-order valence-electron chi connectivity index (χ0n) is 23.0. The lowest BCUT2D eigenvalue weighted by atomic mass is 9.84. The van der Waals surface area contributed by atoms with Crippen molar-refractivity contribution < 1.29 is 14.3 Å². The van der Waals surface area contributed by atoms with Gasteiger partial charge in [0.05, 0.1) is 35.5 Å². The van der Waals surface area contributed by atoms with Crippen LogP contribution in [0.3, 0.4) is 0 Å². The molecule has 0 saturated carbocycles. The van der Waals surface area contributed by atoms with Crippen LogP contribution in [0.25, 0.3) is 0 Å². The number of H-pyrrole nitrogens is 1. The Labute approximate surface area is 237 Å². The Bertz CT molecular complexity index is 1550. The number of likely N-dealkylation sites (tertiary alicyclic amines) is 1. The Hall–Kier alpha value is -4.23. The lowest BCUT2D eigenvalue weighted by Crippen LogP contribution is -2.52. The molecule has 0 radical (unpaired) electrons. The summed E-state index contributed by atoms with van der Waals surface area (Å²) in [5.74, 6) is -0.473. The van der Waals surface area contributed by atoms with Gasteiger partial charge < -0.3 is 15.0 Å². The largest absolute Gasteiger partial charge is 0.450 e. The zero-order chi connectivity index (χ0) is 29.2. The van der Waals surface area contributed by atoms with E-state index < -0.39 is 22.9 Å². The Morgan fingerprint density at radius 1 is 1.23 bits per heavy atom. The van der Waals surface area contributed by atoms with Crippen LogP contribution in [0.5, 0.6) is 11.5 Å². The predicted molar refractivity (Wildman–Crippen MR) is 149 cm³/mol. The van der Waals surface area contributed by atoms with E-state index in [2.05, 4.69) is 26.6 Å². The summed E-state index contributed by atoms with van der Waals surface area (Å²) in [4.78, 5) is 44.9. The number of benzene rings is 1. The number of carbonyl (C=O) groups excluding carboxylic acids is 2. The number of hydrogen-bond acceptors (Lipinski definition) is 7. The number of aryl methyl sites for hydroxylation is 2. The number of halogens is 1. The Morgan fingerprint density at radius 3 is 2.65 bits per heavy atom. The third kappa shape index (κ3) is 6.00. The maximum Gasteiger partial charge on any atom is 0.307 e. The molecular weight excluding hydrogens is 532 g/mol. The molecule has 2 aromatic heterocycles. The molecule has 3 heterocycles. The fourth-order valence-electron chi connectivity index (χ4n) is 4.95. The van der Waals surface area contributed by atoms with Crippen molar-refractivity contribution in [2.45, 2.75) is 65.6 Å². The van der Waals surface area contributed by atoms with Crippen molar-refractivity contribution in [3.8, 4) is 17.6 Å². The smallest absolute Gasteiger partial charge is 0.307 e. The van der Waals surface area contributed by atoms with E-state index in [0.717, 1.165) is 5.56 Å². The molecule has 0 aliphatic carbocycles. The number of aromatic amines is 1. The summed E-state index contributed by atoms with van der Waals surface area (Å²) in [6, 6.07) is 11.2. The van der Waals surface area contributed by atoms with Gasteiger partial charge in [0, 0.05) is 11.1 Å². The maximum atomic E-state index is 13.8. The number of hydrogen-bond donors (Lipinski definition) is 2. The summed E-state index contributed by atoms with van der Waals surface area (Å²) in [6.45, 7) is 8.69. The highest BCUT2D eigenvalue weighted by atomic mass is 35.5. The molecule has 3 aromatic rings. The molecule has 208 valence electrons. The second-order valence-electron chi connectivity index (χ2n) is 10.6. The number of nitrogens with zero attached hydrogens (tertiary/aromatic N) is 4. The third-order valence-electron chi connectivity index (χ3n) is 7.13. The normalized spacial score (nSPS) is 17.7. The van der Waals surface area contributed by atoms with Gasteiger partial charge in [-0.2, -0.15) is 10.4 Å². The topological polar surface area (TPSA) is 141 Å². The van der Waals surface area contributed by atoms with Crippen LogP contribution in [0, 0.1) is 30.6 Å². The molecule has 1 saturated heterocycles. The first-order chi connectivity index (χ1) is 18.9. The van der Waals surface area contributed by atoms with Crippen molar-refractivity contribution in [1.82, 2.24) is 25.4 Å². The molecule has 0 bridgehead atoms. The molecule has 1 aliphatic rings. The summed E-state index contributed by atoms with van der Waals surface area (Å²) >= 11 is 6.24. The van der Waals surface area contributed by atoms with E-state index in [1.54, 1.807) is 31.7 Å². The first-order valence-corrected chi connectivity index (χ1v) is 13.3. The van der Waals surface area contributed by atoms with E-state index in [0.29, 0.717) is 34.9 Å². The molecule has 3 atom stereocenters. The van der Waals surface area contributed by atoms with E-state index in [4.69, 9.17) is 16.3 Å². The maximum absolute atomic E-state index is 13.8. The number of ether oxygens (including phenoxy) is 1. The van der Waals surface area contributed by atoms with E-state index in [9.17, 15) is 19.6 Å². The van der Waals surface area contributed by atoms with Crippen LogP contribution in [-0.2, 0) is 4.79 Å². The minimum Gasteiger partial charge on any atom is -0.450 e. The van der Waals surface area contributed by atoms with Crippen LogP contribution in [0.2, 0.25) is 5.02 Å². The van der Waals surface area contributed by atoms with Gasteiger partial charge in [-0.1, -0.05) is 23.7 Å². The van der Waals surface area contributed by atoms with Gasteiger partial charge in [-0.15, -0.1) is 0 Å². The lowest BCUT2D eigenvalue weighted by Gasteiger charge is -2.38. The van der Waals surface area contributed by atoms with Crippen molar-refractivity contribution in [3.63, 3.8) is 0 Å². The van der Waals surface area contributed by atoms with Crippen LogP contribution in [0.1, 0.15) is 67.0 Å². The molecule has 1 aliphatic heterocycles. The number of carbonyl (C=O) groups is 2. The molecule has 11 heteroatoms. The van der Waals surface area contributed by atoms with E-state index in [1.807, 2.05) is 32.0 Å². The number of rotatable bonds is 7. The summed E-state index contributed by atoms with van der Waals surface area (Å²) in [6.07, 6.45) is 2.67. The van der Waals surface area contributed by atoms with Gasteiger partial charge in [0.25, 0.3) is 5.91 Å². The van der Waals surface area contributed by atoms with Gasteiger partial charge in [0.2, 0.25) is 5.91 Å². The number of aromatic nitrogens is 3. The Balaban J connectivity index is 1.53. The highest BCUT2D eigenvalue weighted by Crippen LogP contribution is 2.43. The van der Waals surface area contributed by atoms with E-state index in [1.165, 1.54) is 18.3 Å². The Morgan fingerprint density at radius 2 is 1.98 bits per heavy atom. The van der Waals surface area contributed by atoms with Crippen molar-refractivity contribution in [2.75, 3.05) is 0 Å². The fourth-order valence-corrected chi connectivity index (χ4v) is 5.15. The molecule has 1 unspecified atom stereocenters. The van der Waals surface area contributed by atoms with Crippen LogP contribution in [0.15, 0.2) is 47.4 Å². The number of amides is 2. The minimum absolute atomic E-state index is 0.0588. The summed E-state index contributed by atoms with van der Waals surface area (Å²) < 4.78 is 5.68. The predicted octanol–water partition coefficient (Wildman–Crippen LogP) is 4.63. The third-order valence-corrected chi connectivity index (χ3v) is 7.36. The summed E-state index contributed by atoms with van der Waals surface area (Å²) in [5, 5.41) is 19.3. The van der Waals surface area contributed by atoms with Crippen molar-refractivity contribution in [2.24, 2.45) is 5.41 Å². The summed E-state index contributed by atoms with van der Waals surface area (Å²) in [5.41, 5.74) is 0.832. The van der Waals surface area contributed by atoms with Crippen molar-refractivity contribution >= 4 is 23.4 Å². The number of pyridine rings is 1. The molecule has 0 spiro atoms. The van der Waals surface area contributed by atoms with Gasteiger partial charge in [-0.05, 0) is 76.8 Å². The van der Waals surface area contributed by atoms with Crippen molar-refractivity contribution in [1.29, 1.82) is 5.26 Å². The van der Waals surface area contributed by atoms with Gasteiger partial charge in [0.15, 0.2) is 5.75 Å². The molecule has 1 fully saturated rings. The monoisotopic (exact) mass is 562 g/mol. The minimum atomic E-state index is -0.888. The molecule has 40 heavy (non-hydrogen) atoms. The first kappa shape index (κ1) is 28.8. The average molecular weight is 563 g/mol. The molecule has 10 nitrogen and oxygen atoms in total. The fraction of sp³-hybridized carbons (Fsp3) is 0.379. The van der Waals surface area contributed by atoms with Crippen LogP contribution in [-0.4, -0.2) is 44.0 Å². The second kappa shape index (κ2) is 11.5. The molecular formula is C29H31ClN6O4. The van der Waals surface area contributed by atoms with Crippen LogP contribution >= 0.6 is 11.6 Å². The Kier molecular flexibility index (Phi) is 8.26. The van der Waals surface area contributed by atoms with Crippen molar-refractivity contribution in [3.05, 3.63) is 80.5 Å². The number of nitrogens with one attached hydrogen (secondary N) is 2. The van der Waals surface area contributed by atoms with Gasteiger partial charge in [-0.3, -0.25) is 14.4 Å². The quantitative estimate of drug-likeness (QED) is 0.427. The van der Waals surface area contributed by atoms with Gasteiger partial charge in [-0.25, -0.2) is 10.1 Å². The lowest BCUT2D eigenvalue weighted by molar-refractivity contribution is -0.137.